The maximum Gasteiger partial charge on any atom is 0.343 e. The molecule has 3 aromatic carbocycles. The molecule has 0 aliphatic heterocycles. The summed E-state index contributed by atoms with van der Waals surface area (Å²) in [6.45, 7) is 2.90. The number of para-hydroxylation sites is 1. The number of benzene rings is 3. The van der Waals surface area contributed by atoms with Gasteiger partial charge >= 0.3 is 5.97 Å². The van der Waals surface area contributed by atoms with Gasteiger partial charge in [-0.25, -0.2) is 4.79 Å². The van der Waals surface area contributed by atoms with Crippen LogP contribution < -0.4 is 14.9 Å². The van der Waals surface area contributed by atoms with Crippen molar-refractivity contribution in [2.24, 2.45) is 0 Å². The van der Waals surface area contributed by atoms with Gasteiger partial charge in [-0.1, -0.05) is 42.5 Å². The quantitative estimate of drug-likeness (QED) is 0.167. The van der Waals surface area contributed by atoms with E-state index in [1.165, 1.54) is 11.1 Å². The van der Waals surface area contributed by atoms with E-state index >= 15 is 0 Å². The predicted molar refractivity (Wildman–Crippen MR) is 175 cm³/mol. The normalized spacial score (nSPS) is 12.9. The van der Waals surface area contributed by atoms with Crippen molar-refractivity contribution in [2.75, 3.05) is 27.9 Å². The summed E-state index contributed by atoms with van der Waals surface area (Å²) in [4.78, 5) is 31.6. The molecule has 226 valence electrons. The topological polar surface area (TPSA) is 70.0 Å². The lowest BCUT2D eigenvalue weighted by Gasteiger charge is -2.24. The Morgan fingerprint density at radius 3 is 2.30 bits per heavy atom. The maximum absolute atomic E-state index is 14.2. The third-order valence-corrected chi connectivity index (χ3v) is 9.77. The largest absolute Gasteiger partial charge is 0.497 e. The highest BCUT2D eigenvalue weighted by Gasteiger charge is 2.29. The molecule has 0 N–H and O–H groups in total. The van der Waals surface area contributed by atoms with Gasteiger partial charge < -0.3 is 18.8 Å². The van der Waals surface area contributed by atoms with E-state index in [-0.39, 0.29) is 17.6 Å². The first-order valence-electron chi connectivity index (χ1n) is 14.8. The van der Waals surface area contributed by atoms with Gasteiger partial charge in [0.05, 0.1) is 32.8 Å². The number of pyridine rings is 1. The molecule has 2 heterocycles. The average molecular weight is 609 g/mol. The van der Waals surface area contributed by atoms with Crippen molar-refractivity contribution in [3.8, 4) is 21.9 Å². The first kappa shape index (κ1) is 29.7. The second-order valence-corrected chi connectivity index (χ2v) is 12.1. The van der Waals surface area contributed by atoms with Crippen molar-refractivity contribution < 1.29 is 19.0 Å². The number of likely N-dealkylation sites (N-methyl/N-ethyl adjacent to an activating group) is 1. The highest BCUT2D eigenvalue weighted by Crippen LogP contribution is 2.40. The van der Waals surface area contributed by atoms with Crippen molar-refractivity contribution in [3.05, 3.63) is 117 Å². The van der Waals surface area contributed by atoms with Crippen LogP contribution in [0.15, 0.2) is 83.8 Å². The van der Waals surface area contributed by atoms with Gasteiger partial charge in [-0.05, 0) is 79.4 Å². The lowest BCUT2D eigenvalue weighted by atomic mass is 10.0. The molecule has 5 aromatic rings. The summed E-state index contributed by atoms with van der Waals surface area (Å²) in [7, 11) is 5.42. The minimum atomic E-state index is -0.615. The molecule has 0 spiro atoms. The van der Waals surface area contributed by atoms with Crippen LogP contribution in [-0.4, -0.2) is 49.4 Å². The monoisotopic (exact) mass is 608 g/mol. The molecule has 6 rings (SSSR count). The van der Waals surface area contributed by atoms with Crippen LogP contribution in [0.4, 0.5) is 0 Å². The molecular weight excluding hydrogens is 572 g/mol. The number of thiophene rings is 1. The van der Waals surface area contributed by atoms with Crippen LogP contribution in [0.1, 0.15) is 39.5 Å². The maximum atomic E-state index is 14.2. The van der Waals surface area contributed by atoms with Crippen molar-refractivity contribution >= 4 is 27.5 Å². The highest BCUT2D eigenvalue weighted by atomic mass is 32.1. The number of rotatable bonds is 10. The molecule has 1 aliphatic carbocycles. The second kappa shape index (κ2) is 12.7. The van der Waals surface area contributed by atoms with E-state index < -0.39 is 5.97 Å². The Balaban J connectivity index is 1.53. The predicted octanol–water partition coefficient (Wildman–Crippen LogP) is 6.57. The summed E-state index contributed by atoms with van der Waals surface area (Å²) < 4.78 is 18.4. The first-order valence-corrected chi connectivity index (χ1v) is 15.6. The van der Waals surface area contributed by atoms with E-state index in [4.69, 9.17) is 14.2 Å². The molecule has 0 unspecified atom stereocenters. The first-order chi connectivity index (χ1) is 21.4. The number of hydrogen-bond acceptors (Lipinski definition) is 7. The number of aromatic nitrogens is 1. The van der Waals surface area contributed by atoms with E-state index in [0.29, 0.717) is 24.5 Å². The molecule has 0 fully saturated rings. The van der Waals surface area contributed by atoms with Gasteiger partial charge in [0, 0.05) is 29.2 Å². The van der Waals surface area contributed by atoms with E-state index in [9.17, 15) is 9.59 Å². The molecule has 1 aliphatic rings. The Kier molecular flexibility index (Phi) is 8.55. The number of methoxy groups -OCH3 is 2. The molecule has 2 aromatic heterocycles. The fourth-order valence-electron chi connectivity index (χ4n) is 6.14. The second-order valence-electron chi connectivity index (χ2n) is 11.1. The number of carbonyl (C=O) groups is 1. The fraction of sp³-hybridized carbons (Fsp3) is 0.278. The average Bonchev–Trinajstić information content (AvgIpc) is 3.65. The van der Waals surface area contributed by atoms with Crippen LogP contribution in [0.3, 0.4) is 0 Å². The fourth-order valence-corrected chi connectivity index (χ4v) is 7.43. The molecule has 8 heteroatoms. The molecule has 0 saturated heterocycles. The summed E-state index contributed by atoms with van der Waals surface area (Å²) in [6, 6.07) is 24.6. The van der Waals surface area contributed by atoms with Crippen molar-refractivity contribution in [1.82, 2.24) is 9.47 Å². The third-order valence-electron chi connectivity index (χ3n) is 8.45. The number of esters is 1. The Bertz CT molecular complexity index is 1850. The Labute approximate surface area is 261 Å². The Morgan fingerprint density at radius 1 is 0.955 bits per heavy atom. The lowest BCUT2D eigenvalue weighted by Crippen LogP contribution is -2.32. The summed E-state index contributed by atoms with van der Waals surface area (Å²) in [5.74, 6) is 0.887. The number of carbonyl (C=O) groups excluding carboxylic acids is 1. The molecule has 0 radical (unpaired) electrons. The van der Waals surface area contributed by atoms with Gasteiger partial charge in [0.2, 0.25) is 5.43 Å². The van der Waals surface area contributed by atoms with Gasteiger partial charge in [0.15, 0.2) is 0 Å². The van der Waals surface area contributed by atoms with Gasteiger partial charge in [-0.15, -0.1) is 11.3 Å². The van der Waals surface area contributed by atoms with Crippen LogP contribution in [0.2, 0.25) is 0 Å². The van der Waals surface area contributed by atoms with Crippen LogP contribution in [0, 0.1) is 0 Å². The van der Waals surface area contributed by atoms with Gasteiger partial charge in [0.25, 0.3) is 0 Å². The van der Waals surface area contributed by atoms with E-state index in [1.807, 2.05) is 53.1 Å². The molecule has 0 atom stereocenters. The minimum Gasteiger partial charge on any atom is -0.497 e. The summed E-state index contributed by atoms with van der Waals surface area (Å²) in [5.41, 5.74) is 5.33. The van der Waals surface area contributed by atoms with Gasteiger partial charge in [0.1, 0.15) is 21.9 Å². The van der Waals surface area contributed by atoms with E-state index in [1.54, 1.807) is 38.7 Å². The number of ether oxygens (including phenoxy) is 3. The SMILES string of the molecule is CCOC(=O)c1cn(Cc2ccccc2OC)c2sc(-c3ccc(OC)cc3)c(CN(C)C3Cc4ccccc4C3)c2c1=O. The number of nitrogens with zero attached hydrogens (tertiary/aromatic N) is 2. The molecule has 0 amide bonds. The van der Waals surface area contributed by atoms with Crippen LogP contribution >= 0.6 is 11.3 Å². The molecule has 7 nitrogen and oxygen atoms in total. The zero-order valence-corrected chi connectivity index (χ0v) is 26.3. The van der Waals surface area contributed by atoms with Gasteiger partial charge in [-0.2, -0.15) is 0 Å². The molecule has 0 bridgehead atoms. The molecule has 0 saturated carbocycles. The smallest absolute Gasteiger partial charge is 0.343 e. The molecule has 44 heavy (non-hydrogen) atoms. The summed E-state index contributed by atoms with van der Waals surface area (Å²) in [5, 5.41) is 0.559. The Hall–Kier alpha value is -4.40. The van der Waals surface area contributed by atoms with Crippen LogP contribution in [0.25, 0.3) is 20.7 Å². The minimum absolute atomic E-state index is 0.0329. The van der Waals surface area contributed by atoms with Crippen molar-refractivity contribution in [1.29, 1.82) is 0 Å². The molecular formula is C36H36N2O5S. The van der Waals surface area contributed by atoms with Crippen LogP contribution in [0.5, 0.6) is 11.5 Å². The number of hydrogen-bond donors (Lipinski definition) is 0. The lowest BCUT2D eigenvalue weighted by molar-refractivity contribution is 0.0524. The van der Waals surface area contributed by atoms with Crippen LogP contribution in [-0.2, 0) is 30.7 Å². The number of fused-ring (bicyclic) bond motifs is 2. The standard InChI is InChI=1S/C36H36N2O5S/c1-5-43-36(40)30-22-38(20-26-12-8-9-13-31(26)42-4)35-32(33(30)39)29(34(44-35)23-14-16-28(41-3)17-15-23)21-37(2)27-18-24-10-6-7-11-25(24)19-27/h6-17,22,27H,5,18-21H2,1-4H3. The van der Waals surface area contributed by atoms with Gasteiger partial charge in [-0.3, -0.25) is 9.69 Å². The summed E-state index contributed by atoms with van der Waals surface area (Å²) in [6.07, 6.45) is 3.56. The Morgan fingerprint density at radius 2 is 1.64 bits per heavy atom. The highest BCUT2D eigenvalue weighted by molar-refractivity contribution is 7.22. The summed E-state index contributed by atoms with van der Waals surface area (Å²) >= 11 is 1.57. The van der Waals surface area contributed by atoms with E-state index in [0.717, 1.165) is 50.7 Å². The zero-order chi connectivity index (χ0) is 30.8. The van der Waals surface area contributed by atoms with Crippen molar-refractivity contribution in [3.63, 3.8) is 0 Å². The van der Waals surface area contributed by atoms with Crippen molar-refractivity contribution in [2.45, 2.75) is 38.9 Å². The zero-order valence-electron chi connectivity index (χ0n) is 25.5. The third kappa shape index (κ3) is 5.63. The van der Waals surface area contributed by atoms with E-state index in [2.05, 4.69) is 36.2 Å².